The topological polar surface area (TPSA) is 91.2 Å². The first kappa shape index (κ1) is 24.0. The third-order valence-electron chi connectivity index (χ3n) is 8.73. The largest absolute Gasteiger partial charge is 0.494 e. The third-order valence-corrected chi connectivity index (χ3v) is 9.32. The van der Waals surface area contributed by atoms with Gasteiger partial charge in [-0.1, -0.05) is 0 Å². The van der Waals surface area contributed by atoms with Crippen molar-refractivity contribution in [1.29, 1.82) is 0 Å². The van der Waals surface area contributed by atoms with Crippen molar-refractivity contribution in [3.63, 3.8) is 0 Å². The standard InChI is InChI=1S/C29H34N6O2S/c1-37-24-14-20(29(36)35-16-19-7-8-22(35)25(19)30)12-21-26(24)33(10-11-38-2)28(32-21)23-13-18-4-3-9-31-27(18)34(23)15-17-5-6-17/h3-4,9,12-14,17,19,22,25H,5-8,10-11,15-16,30H2,1-2H3/t19-,22-,25-/m1/s1. The molecule has 0 unspecified atom stereocenters. The number of carbonyl (C=O) groups excluding carboxylic acids is 1. The van der Waals surface area contributed by atoms with Crippen molar-refractivity contribution in [2.75, 3.05) is 25.7 Å². The Balaban J connectivity index is 1.38. The highest BCUT2D eigenvalue weighted by Crippen LogP contribution is 2.40. The first-order chi connectivity index (χ1) is 18.6. The Morgan fingerprint density at radius 1 is 1.18 bits per heavy atom. The normalized spacial score (nSPS) is 22.7. The molecule has 198 valence electrons. The number of carbonyl (C=O) groups is 1. The maximum absolute atomic E-state index is 13.7. The van der Waals surface area contributed by atoms with Gasteiger partial charge in [0.15, 0.2) is 5.82 Å². The van der Waals surface area contributed by atoms with Gasteiger partial charge in [0.1, 0.15) is 16.9 Å². The SMILES string of the molecule is COc1cc(C(=O)N2C[C@H]3CC[C@@H]2[C@@H]3N)cc2nc(-c3cc4cccnc4n3CC3CC3)n(CCSC)c12. The number of imidazole rings is 1. The summed E-state index contributed by atoms with van der Waals surface area (Å²) in [5.74, 6) is 3.66. The zero-order valence-electron chi connectivity index (χ0n) is 22.0. The van der Waals surface area contributed by atoms with E-state index in [0.717, 1.165) is 71.8 Å². The van der Waals surface area contributed by atoms with E-state index in [4.69, 9.17) is 20.4 Å². The fourth-order valence-corrected chi connectivity index (χ4v) is 6.93. The lowest BCUT2D eigenvalue weighted by Crippen LogP contribution is -2.41. The molecule has 2 aliphatic carbocycles. The number of pyridine rings is 1. The molecule has 3 fully saturated rings. The number of piperidine rings is 1. The molecular formula is C29H34N6O2S. The molecule has 3 atom stereocenters. The third kappa shape index (κ3) is 3.81. The number of fused-ring (bicyclic) bond motifs is 4. The number of methoxy groups -OCH3 is 1. The Hall–Kier alpha value is -3.04. The van der Waals surface area contributed by atoms with Gasteiger partial charge < -0.3 is 24.5 Å². The molecule has 2 bridgehead atoms. The summed E-state index contributed by atoms with van der Waals surface area (Å²) >= 11 is 1.81. The van der Waals surface area contributed by atoms with Gasteiger partial charge in [0, 0.05) is 54.6 Å². The molecule has 3 aliphatic rings. The minimum Gasteiger partial charge on any atom is -0.494 e. The second-order valence-corrected chi connectivity index (χ2v) is 12.1. The van der Waals surface area contributed by atoms with E-state index in [2.05, 4.69) is 27.5 Å². The number of ether oxygens (including phenoxy) is 1. The number of nitrogens with two attached hydrogens (primary N) is 1. The highest BCUT2D eigenvalue weighted by Gasteiger charge is 2.47. The van der Waals surface area contributed by atoms with Crippen molar-refractivity contribution in [2.45, 2.75) is 50.9 Å². The summed E-state index contributed by atoms with van der Waals surface area (Å²) in [7, 11) is 1.68. The number of hydrogen-bond acceptors (Lipinski definition) is 6. The number of benzene rings is 1. The highest BCUT2D eigenvalue weighted by atomic mass is 32.2. The van der Waals surface area contributed by atoms with Crippen LogP contribution in [0.3, 0.4) is 0 Å². The summed E-state index contributed by atoms with van der Waals surface area (Å²) in [4.78, 5) is 25.6. The van der Waals surface area contributed by atoms with Crippen LogP contribution in [0, 0.1) is 11.8 Å². The van der Waals surface area contributed by atoms with Gasteiger partial charge in [-0.15, -0.1) is 0 Å². The van der Waals surface area contributed by atoms with Crippen LogP contribution in [0.1, 0.15) is 36.0 Å². The molecule has 1 aromatic carbocycles. The zero-order chi connectivity index (χ0) is 26.0. The molecule has 4 heterocycles. The molecule has 1 saturated heterocycles. The number of amides is 1. The molecule has 4 aromatic rings. The second kappa shape index (κ2) is 9.31. The molecular weight excluding hydrogens is 496 g/mol. The van der Waals surface area contributed by atoms with Crippen molar-refractivity contribution < 1.29 is 9.53 Å². The zero-order valence-corrected chi connectivity index (χ0v) is 22.8. The predicted octanol–water partition coefficient (Wildman–Crippen LogP) is 4.40. The van der Waals surface area contributed by atoms with Crippen molar-refractivity contribution in [3.05, 3.63) is 42.1 Å². The fourth-order valence-electron chi connectivity index (χ4n) is 6.57. The van der Waals surface area contributed by atoms with Crippen LogP contribution in [0.15, 0.2) is 36.5 Å². The molecule has 1 aliphatic heterocycles. The lowest BCUT2D eigenvalue weighted by atomic mass is 10.1. The summed E-state index contributed by atoms with van der Waals surface area (Å²) in [6.45, 7) is 2.48. The first-order valence-corrected chi connectivity index (χ1v) is 15.0. The first-order valence-electron chi connectivity index (χ1n) is 13.7. The molecule has 38 heavy (non-hydrogen) atoms. The van der Waals surface area contributed by atoms with E-state index in [0.29, 0.717) is 23.1 Å². The molecule has 2 saturated carbocycles. The summed E-state index contributed by atoms with van der Waals surface area (Å²) < 4.78 is 10.5. The molecule has 0 spiro atoms. The van der Waals surface area contributed by atoms with Crippen LogP contribution < -0.4 is 10.5 Å². The fraction of sp³-hybridized carbons (Fsp3) is 0.483. The van der Waals surface area contributed by atoms with Crippen LogP contribution in [0.5, 0.6) is 5.75 Å². The Bertz CT molecular complexity index is 1540. The van der Waals surface area contributed by atoms with Crippen LogP contribution >= 0.6 is 11.8 Å². The van der Waals surface area contributed by atoms with E-state index in [1.54, 1.807) is 18.9 Å². The maximum Gasteiger partial charge on any atom is 0.254 e. The minimum atomic E-state index is 0.0279. The van der Waals surface area contributed by atoms with Crippen molar-refractivity contribution in [2.24, 2.45) is 17.6 Å². The summed E-state index contributed by atoms with van der Waals surface area (Å²) in [5.41, 5.74) is 10.8. The van der Waals surface area contributed by atoms with E-state index >= 15 is 0 Å². The maximum atomic E-state index is 13.7. The van der Waals surface area contributed by atoms with Gasteiger partial charge in [-0.2, -0.15) is 11.8 Å². The van der Waals surface area contributed by atoms with E-state index in [1.807, 2.05) is 29.3 Å². The van der Waals surface area contributed by atoms with Gasteiger partial charge >= 0.3 is 0 Å². The number of aromatic nitrogens is 4. The number of aryl methyl sites for hydroxylation is 1. The average Bonchev–Trinajstić information content (AvgIpc) is 3.29. The Kier molecular flexibility index (Phi) is 5.89. The smallest absolute Gasteiger partial charge is 0.254 e. The van der Waals surface area contributed by atoms with Gasteiger partial charge in [0.05, 0.1) is 18.3 Å². The molecule has 2 N–H and O–H groups in total. The second-order valence-electron chi connectivity index (χ2n) is 11.1. The van der Waals surface area contributed by atoms with E-state index in [1.165, 1.54) is 12.8 Å². The van der Waals surface area contributed by atoms with Gasteiger partial charge in [-0.3, -0.25) is 4.79 Å². The van der Waals surface area contributed by atoms with Crippen molar-refractivity contribution in [1.82, 2.24) is 24.0 Å². The Morgan fingerprint density at radius 3 is 2.76 bits per heavy atom. The summed E-state index contributed by atoms with van der Waals surface area (Å²) in [6.07, 6.45) is 8.61. The molecule has 1 amide bonds. The minimum absolute atomic E-state index is 0.0279. The van der Waals surface area contributed by atoms with Gasteiger partial charge in [-0.25, -0.2) is 9.97 Å². The van der Waals surface area contributed by atoms with Crippen LogP contribution in [0.25, 0.3) is 33.6 Å². The Labute approximate surface area is 226 Å². The molecule has 8 nitrogen and oxygen atoms in total. The van der Waals surface area contributed by atoms with Gasteiger partial charge in [0.25, 0.3) is 5.91 Å². The van der Waals surface area contributed by atoms with E-state index in [9.17, 15) is 4.79 Å². The Morgan fingerprint density at radius 2 is 2.05 bits per heavy atom. The molecule has 0 radical (unpaired) electrons. The molecule has 3 aromatic heterocycles. The van der Waals surface area contributed by atoms with Crippen LogP contribution in [-0.4, -0.2) is 67.7 Å². The van der Waals surface area contributed by atoms with Crippen molar-refractivity contribution >= 4 is 39.7 Å². The molecule has 7 rings (SSSR count). The number of rotatable bonds is 8. The lowest BCUT2D eigenvalue weighted by Gasteiger charge is -2.27. The number of likely N-dealkylation sites (tertiary alicyclic amines) is 1. The van der Waals surface area contributed by atoms with Crippen LogP contribution in [0.2, 0.25) is 0 Å². The monoisotopic (exact) mass is 530 g/mol. The van der Waals surface area contributed by atoms with Crippen LogP contribution in [0.4, 0.5) is 0 Å². The number of nitrogens with zero attached hydrogens (tertiary/aromatic N) is 5. The summed E-state index contributed by atoms with van der Waals surface area (Å²) in [6, 6.07) is 10.4. The number of hydrogen-bond donors (Lipinski definition) is 1. The lowest BCUT2D eigenvalue weighted by molar-refractivity contribution is 0.0700. The van der Waals surface area contributed by atoms with Crippen molar-refractivity contribution in [3.8, 4) is 17.3 Å². The summed E-state index contributed by atoms with van der Waals surface area (Å²) in [5, 5.41) is 1.12. The molecule has 9 heteroatoms. The van der Waals surface area contributed by atoms with E-state index < -0.39 is 0 Å². The highest BCUT2D eigenvalue weighted by molar-refractivity contribution is 7.98. The number of thioether (sulfide) groups is 1. The van der Waals surface area contributed by atoms with Gasteiger partial charge in [-0.05, 0) is 74.1 Å². The van der Waals surface area contributed by atoms with E-state index in [-0.39, 0.29) is 18.0 Å². The predicted molar refractivity (Wildman–Crippen MR) is 152 cm³/mol. The van der Waals surface area contributed by atoms with Crippen LogP contribution in [-0.2, 0) is 13.1 Å². The average molecular weight is 531 g/mol. The quantitative estimate of drug-likeness (QED) is 0.363. The van der Waals surface area contributed by atoms with Gasteiger partial charge in [0.2, 0.25) is 0 Å².